The third-order valence-corrected chi connectivity index (χ3v) is 4.32. The Labute approximate surface area is 119 Å². The second-order valence-electron chi connectivity index (χ2n) is 6.04. The molecule has 0 saturated carbocycles. The third-order valence-electron chi connectivity index (χ3n) is 4.32. The van der Waals surface area contributed by atoms with Gasteiger partial charge in [-0.2, -0.15) is 0 Å². The summed E-state index contributed by atoms with van der Waals surface area (Å²) >= 11 is 0. The number of pyridine rings is 1. The minimum absolute atomic E-state index is 0.112. The number of aliphatic hydroxyl groups is 1. The van der Waals surface area contributed by atoms with Gasteiger partial charge < -0.3 is 9.84 Å². The number of benzene rings is 1. The molecule has 20 heavy (non-hydrogen) atoms. The Morgan fingerprint density at radius 3 is 3.00 bits per heavy atom. The summed E-state index contributed by atoms with van der Waals surface area (Å²) in [6.07, 6.45) is 5.04. The van der Waals surface area contributed by atoms with Crippen LogP contribution >= 0.6 is 0 Å². The molecule has 2 atom stereocenters. The van der Waals surface area contributed by atoms with Gasteiger partial charge in [0.1, 0.15) is 0 Å². The molecule has 0 bridgehead atoms. The number of ether oxygens (including phenoxy) is 1. The van der Waals surface area contributed by atoms with E-state index in [0.29, 0.717) is 25.4 Å². The van der Waals surface area contributed by atoms with Crippen LogP contribution in [0.25, 0.3) is 10.8 Å². The zero-order chi connectivity index (χ0) is 14.2. The van der Waals surface area contributed by atoms with Crippen LogP contribution in [0.2, 0.25) is 0 Å². The van der Waals surface area contributed by atoms with Crippen molar-refractivity contribution in [2.24, 2.45) is 5.92 Å². The molecule has 2 aromatic rings. The zero-order valence-corrected chi connectivity index (χ0v) is 12.0. The highest BCUT2D eigenvalue weighted by molar-refractivity contribution is 5.85. The Bertz CT molecular complexity index is 605. The standard InChI is InChI=1S/C17H21NO2/c1-12(2)16-10-17(19,7-9-20-16)15-5-3-4-13-6-8-18-11-14(13)15/h3-6,8,11-12,16,19H,7,9-10H2,1-2H3. The average Bonchev–Trinajstić information content (AvgIpc) is 2.46. The highest BCUT2D eigenvalue weighted by Crippen LogP contribution is 2.39. The minimum atomic E-state index is -0.810. The van der Waals surface area contributed by atoms with E-state index in [-0.39, 0.29) is 6.10 Å². The predicted molar refractivity (Wildman–Crippen MR) is 79.5 cm³/mol. The summed E-state index contributed by atoms with van der Waals surface area (Å²) in [6, 6.07) is 8.08. The van der Waals surface area contributed by atoms with E-state index in [1.54, 1.807) is 6.20 Å². The molecule has 1 aromatic heterocycles. The van der Waals surface area contributed by atoms with Crippen molar-refractivity contribution in [1.82, 2.24) is 4.98 Å². The van der Waals surface area contributed by atoms with Crippen LogP contribution in [0.4, 0.5) is 0 Å². The number of rotatable bonds is 2. The van der Waals surface area contributed by atoms with Gasteiger partial charge in [0.05, 0.1) is 18.3 Å². The van der Waals surface area contributed by atoms with Crippen LogP contribution in [0.3, 0.4) is 0 Å². The summed E-state index contributed by atoms with van der Waals surface area (Å²) in [6.45, 7) is 4.89. The van der Waals surface area contributed by atoms with E-state index in [4.69, 9.17) is 4.74 Å². The van der Waals surface area contributed by atoms with E-state index in [1.807, 2.05) is 24.4 Å². The number of hydrogen-bond acceptors (Lipinski definition) is 3. The Hall–Kier alpha value is -1.45. The van der Waals surface area contributed by atoms with Gasteiger partial charge in [0.25, 0.3) is 0 Å². The van der Waals surface area contributed by atoms with Crippen LogP contribution in [0.5, 0.6) is 0 Å². The Morgan fingerprint density at radius 2 is 2.20 bits per heavy atom. The molecule has 1 saturated heterocycles. The number of fused-ring (bicyclic) bond motifs is 1. The van der Waals surface area contributed by atoms with Crippen molar-refractivity contribution in [3.05, 3.63) is 42.2 Å². The molecule has 1 aromatic carbocycles. The van der Waals surface area contributed by atoms with Crippen molar-refractivity contribution in [3.63, 3.8) is 0 Å². The summed E-state index contributed by atoms with van der Waals surface area (Å²) in [7, 11) is 0. The van der Waals surface area contributed by atoms with E-state index in [1.165, 1.54) is 0 Å². The molecule has 1 aliphatic heterocycles. The van der Waals surface area contributed by atoms with Crippen molar-refractivity contribution in [2.45, 2.75) is 38.4 Å². The van der Waals surface area contributed by atoms with E-state index in [0.717, 1.165) is 16.3 Å². The normalized spacial score (nSPS) is 27.1. The molecular weight excluding hydrogens is 250 g/mol. The molecule has 0 amide bonds. The quantitative estimate of drug-likeness (QED) is 0.911. The minimum Gasteiger partial charge on any atom is -0.385 e. The first kappa shape index (κ1) is 13.5. The third kappa shape index (κ3) is 2.32. The average molecular weight is 271 g/mol. The lowest BCUT2D eigenvalue weighted by molar-refractivity contribution is -0.120. The fourth-order valence-corrected chi connectivity index (χ4v) is 3.06. The number of aromatic nitrogens is 1. The van der Waals surface area contributed by atoms with Crippen molar-refractivity contribution >= 4 is 10.8 Å². The lowest BCUT2D eigenvalue weighted by Crippen LogP contribution is -2.40. The molecule has 3 heteroatoms. The van der Waals surface area contributed by atoms with Crippen molar-refractivity contribution in [2.75, 3.05) is 6.61 Å². The largest absolute Gasteiger partial charge is 0.385 e. The molecule has 106 valence electrons. The molecule has 2 heterocycles. The second-order valence-corrected chi connectivity index (χ2v) is 6.04. The lowest BCUT2D eigenvalue weighted by Gasteiger charge is -2.39. The molecular formula is C17H21NO2. The topological polar surface area (TPSA) is 42.4 Å². The summed E-state index contributed by atoms with van der Waals surface area (Å²) in [4.78, 5) is 4.21. The van der Waals surface area contributed by atoms with E-state index >= 15 is 0 Å². The first-order chi connectivity index (χ1) is 9.60. The van der Waals surface area contributed by atoms with Gasteiger partial charge in [-0.1, -0.05) is 32.0 Å². The number of nitrogens with zero attached hydrogens (tertiary/aromatic N) is 1. The smallest absolute Gasteiger partial charge is 0.0949 e. The first-order valence-electron chi connectivity index (χ1n) is 7.27. The first-order valence-corrected chi connectivity index (χ1v) is 7.27. The summed E-state index contributed by atoms with van der Waals surface area (Å²) in [5, 5.41) is 13.3. The van der Waals surface area contributed by atoms with E-state index < -0.39 is 5.60 Å². The molecule has 2 unspecified atom stereocenters. The van der Waals surface area contributed by atoms with Crippen molar-refractivity contribution in [1.29, 1.82) is 0 Å². The van der Waals surface area contributed by atoms with E-state index in [9.17, 15) is 5.11 Å². The van der Waals surface area contributed by atoms with Gasteiger partial charge in [0.15, 0.2) is 0 Å². The Morgan fingerprint density at radius 1 is 1.35 bits per heavy atom. The maximum absolute atomic E-state index is 11.2. The highest BCUT2D eigenvalue weighted by Gasteiger charge is 2.38. The fraction of sp³-hybridized carbons (Fsp3) is 0.471. The summed E-state index contributed by atoms with van der Waals surface area (Å²) in [5.41, 5.74) is 0.174. The monoisotopic (exact) mass is 271 g/mol. The van der Waals surface area contributed by atoms with Gasteiger partial charge in [-0.05, 0) is 22.9 Å². The van der Waals surface area contributed by atoms with Crippen LogP contribution in [-0.2, 0) is 10.3 Å². The van der Waals surface area contributed by atoms with Gasteiger partial charge in [-0.3, -0.25) is 4.98 Å². The van der Waals surface area contributed by atoms with Gasteiger partial charge in [0.2, 0.25) is 0 Å². The van der Waals surface area contributed by atoms with Crippen molar-refractivity contribution < 1.29 is 9.84 Å². The van der Waals surface area contributed by atoms with Crippen LogP contribution < -0.4 is 0 Å². The van der Waals surface area contributed by atoms with Crippen LogP contribution in [0, 0.1) is 5.92 Å². The maximum atomic E-state index is 11.2. The lowest BCUT2D eigenvalue weighted by atomic mass is 9.79. The van der Waals surface area contributed by atoms with Crippen LogP contribution in [-0.4, -0.2) is 22.8 Å². The Balaban J connectivity index is 2.05. The van der Waals surface area contributed by atoms with Gasteiger partial charge in [-0.25, -0.2) is 0 Å². The molecule has 3 nitrogen and oxygen atoms in total. The van der Waals surface area contributed by atoms with E-state index in [2.05, 4.69) is 24.9 Å². The predicted octanol–water partition coefficient (Wildman–Crippen LogP) is 3.26. The summed E-state index contributed by atoms with van der Waals surface area (Å²) in [5.74, 6) is 0.412. The second kappa shape index (κ2) is 5.15. The number of hydrogen-bond donors (Lipinski definition) is 1. The molecule has 0 radical (unpaired) electrons. The molecule has 0 spiro atoms. The molecule has 0 aliphatic carbocycles. The Kier molecular flexibility index (Phi) is 3.48. The van der Waals surface area contributed by atoms with Gasteiger partial charge in [-0.15, -0.1) is 0 Å². The maximum Gasteiger partial charge on any atom is 0.0949 e. The molecule has 1 N–H and O–H groups in total. The molecule has 3 rings (SSSR count). The van der Waals surface area contributed by atoms with Crippen LogP contribution in [0.1, 0.15) is 32.3 Å². The van der Waals surface area contributed by atoms with Gasteiger partial charge in [0, 0.05) is 30.6 Å². The zero-order valence-electron chi connectivity index (χ0n) is 12.0. The van der Waals surface area contributed by atoms with Crippen molar-refractivity contribution in [3.8, 4) is 0 Å². The highest BCUT2D eigenvalue weighted by atomic mass is 16.5. The summed E-state index contributed by atoms with van der Waals surface area (Å²) < 4.78 is 5.79. The molecule has 1 fully saturated rings. The van der Waals surface area contributed by atoms with Gasteiger partial charge >= 0.3 is 0 Å². The molecule has 1 aliphatic rings. The SMILES string of the molecule is CC(C)C1CC(O)(c2cccc3ccncc23)CCO1. The fourth-order valence-electron chi connectivity index (χ4n) is 3.06. The van der Waals surface area contributed by atoms with Crippen LogP contribution in [0.15, 0.2) is 36.7 Å².